The molecule has 0 heterocycles. The molecule has 2 aromatic rings. The van der Waals surface area contributed by atoms with Crippen LogP contribution in [0.25, 0.3) is 11.4 Å². The van der Waals surface area contributed by atoms with Gasteiger partial charge in [-0.15, -0.1) is 0 Å². The molecule has 0 aliphatic heterocycles. The van der Waals surface area contributed by atoms with Gasteiger partial charge < -0.3 is 11.5 Å². The van der Waals surface area contributed by atoms with Crippen LogP contribution in [-0.4, -0.2) is 26.2 Å². The first kappa shape index (κ1) is 23.6. The number of hydrogen-bond acceptors (Lipinski definition) is 6. The van der Waals surface area contributed by atoms with Crippen LogP contribution in [0.2, 0.25) is 0 Å². The Morgan fingerprint density at radius 1 is 0.533 bits per heavy atom. The van der Waals surface area contributed by atoms with Gasteiger partial charge in [0.1, 0.15) is 11.4 Å². The predicted molar refractivity (Wildman–Crippen MR) is 125 cm³/mol. The highest BCUT2D eigenvalue weighted by Crippen LogP contribution is 2.29. The Bertz CT molecular complexity index is 716. The van der Waals surface area contributed by atoms with Crippen molar-refractivity contribution in [2.45, 2.75) is 38.5 Å². The van der Waals surface area contributed by atoms with Crippen molar-refractivity contribution in [3.05, 3.63) is 71.8 Å². The molecule has 0 saturated carbocycles. The van der Waals surface area contributed by atoms with Crippen molar-refractivity contribution >= 4 is 11.4 Å². The standard InChI is InChI=1S/C24H34N6/c25-17-9-3-11-19-27-29-23(21-13-5-1-6-14-21)24(22-15-7-2-8-16-22)30-28-20-12-4-10-18-26/h1-2,5-8,13-16H,3-4,9-12,17-20,25-26H2. The summed E-state index contributed by atoms with van der Waals surface area (Å²) in [6.07, 6.45) is 6.12. The SMILES string of the molecule is NCCCCCN=NC(=C(N=NCCCCCN)c1ccccc1)c1ccccc1. The van der Waals surface area contributed by atoms with E-state index in [1.807, 2.05) is 60.7 Å². The van der Waals surface area contributed by atoms with Gasteiger partial charge in [0.05, 0.1) is 13.1 Å². The molecule has 0 bridgehead atoms. The van der Waals surface area contributed by atoms with Crippen molar-refractivity contribution in [3.63, 3.8) is 0 Å². The van der Waals surface area contributed by atoms with Crippen LogP contribution >= 0.6 is 0 Å². The van der Waals surface area contributed by atoms with Gasteiger partial charge >= 0.3 is 0 Å². The van der Waals surface area contributed by atoms with Crippen LogP contribution in [0.1, 0.15) is 49.7 Å². The smallest absolute Gasteiger partial charge is 0.121 e. The zero-order valence-electron chi connectivity index (χ0n) is 17.8. The number of nitrogens with zero attached hydrogens (tertiary/aromatic N) is 4. The highest BCUT2D eigenvalue weighted by atomic mass is 15.1. The second-order valence-electron chi connectivity index (χ2n) is 7.06. The number of unbranched alkanes of at least 4 members (excludes halogenated alkanes) is 4. The van der Waals surface area contributed by atoms with Crippen molar-refractivity contribution in [1.82, 2.24) is 0 Å². The number of rotatable bonds is 14. The molecule has 0 spiro atoms. The molecule has 6 heteroatoms. The average Bonchev–Trinajstić information content (AvgIpc) is 2.80. The molecule has 0 aromatic heterocycles. The fourth-order valence-electron chi connectivity index (χ4n) is 2.92. The molecular weight excluding hydrogens is 372 g/mol. The molecule has 0 saturated heterocycles. The van der Waals surface area contributed by atoms with E-state index in [2.05, 4.69) is 20.5 Å². The number of hydrogen-bond donors (Lipinski definition) is 2. The maximum absolute atomic E-state index is 5.57. The molecule has 0 unspecified atom stereocenters. The minimum atomic E-state index is 0.675. The minimum absolute atomic E-state index is 0.675. The molecule has 0 aliphatic carbocycles. The van der Waals surface area contributed by atoms with Crippen LogP contribution in [0.5, 0.6) is 0 Å². The molecule has 4 N–H and O–H groups in total. The van der Waals surface area contributed by atoms with E-state index in [1.54, 1.807) is 0 Å². The fourth-order valence-corrected chi connectivity index (χ4v) is 2.92. The molecule has 160 valence electrons. The van der Waals surface area contributed by atoms with Crippen molar-refractivity contribution < 1.29 is 0 Å². The van der Waals surface area contributed by atoms with Gasteiger partial charge in [-0.1, -0.05) is 73.5 Å². The first-order valence-corrected chi connectivity index (χ1v) is 10.9. The lowest BCUT2D eigenvalue weighted by molar-refractivity contribution is 0.684. The first-order chi connectivity index (χ1) is 14.9. The molecule has 0 radical (unpaired) electrons. The van der Waals surface area contributed by atoms with Gasteiger partial charge in [-0.2, -0.15) is 20.5 Å². The lowest BCUT2D eigenvalue weighted by Crippen LogP contribution is -1.98. The zero-order valence-corrected chi connectivity index (χ0v) is 17.8. The van der Waals surface area contributed by atoms with Gasteiger partial charge in [0, 0.05) is 11.1 Å². The van der Waals surface area contributed by atoms with Crippen molar-refractivity contribution in [2.24, 2.45) is 31.9 Å². The Morgan fingerprint density at radius 3 is 1.30 bits per heavy atom. The van der Waals surface area contributed by atoms with Crippen LogP contribution in [-0.2, 0) is 0 Å². The highest BCUT2D eigenvalue weighted by molar-refractivity contribution is 5.89. The number of nitrogens with two attached hydrogens (primary N) is 2. The lowest BCUT2D eigenvalue weighted by atomic mass is 10.1. The van der Waals surface area contributed by atoms with Crippen LogP contribution in [0.4, 0.5) is 0 Å². The van der Waals surface area contributed by atoms with Crippen LogP contribution < -0.4 is 11.5 Å². The summed E-state index contributed by atoms with van der Waals surface area (Å²) < 4.78 is 0. The predicted octanol–water partition coefficient (Wildman–Crippen LogP) is 5.67. The number of azo groups is 2. The zero-order chi connectivity index (χ0) is 21.3. The van der Waals surface area contributed by atoms with E-state index in [4.69, 9.17) is 11.5 Å². The average molecular weight is 407 g/mol. The van der Waals surface area contributed by atoms with Crippen molar-refractivity contribution in [2.75, 3.05) is 26.2 Å². The van der Waals surface area contributed by atoms with Gasteiger partial charge in [0.15, 0.2) is 0 Å². The van der Waals surface area contributed by atoms with Gasteiger partial charge in [-0.25, -0.2) is 0 Å². The Morgan fingerprint density at radius 2 is 0.933 bits per heavy atom. The Balaban J connectivity index is 2.31. The molecule has 0 aliphatic rings. The van der Waals surface area contributed by atoms with Gasteiger partial charge in [-0.05, 0) is 38.8 Å². The third kappa shape index (κ3) is 8.76. The van der Waals surface area contributed by atoms with Gasteiger partial charge in [-0.3, -0.25) is 0 Å². The molecule has 0 amide bonds. The first-order valence-electron chi connectivity index (χ1n) is 10.9. The summed E-state index contributed by atoms with van der Waals surface area (Å²) in [6.45, 7) is 2.79. The molecule has 2 rings (SSSR count). The van der Waals surface area contributed by atoms with Gasteiger partial charge in [0.25, 0.3) is 0 Å². The summed E-state index contributed by atoms with van der Waals surface area (Å²) in [5.74, 6) is 0. The summed E-state index contributed by atoms with van der Waals surface area (Å²) in [5.41, 5.74) is 14.6. The Kier molecular flexibility index (Phi) is 11.9. The summed E-state index contributed by atoms with van der Waals surface area (Å²) in [5, 5.41) is 18.1. The highest BCUT2D eigenvalue weighted by Gasteiger charge is 2.11. The summed E-state index contributed by atoms with van der Waals surface area (Å²) in [4.78, 5) is 0. The quantitative estimate of drug-likeness (QED) is 0.240. The largest absolute Gasteiger partial charge is 0.330 e. The minimum Gasteiger partial charge on any atom is -0.330 e. The maximum atomic E-state index is 5.57. The molecule has 0 fully saturated rings. The lowest BCUT2D eigenvalue weighted by Gasteiger charge is -2.08. The molecular formula is C24H34N6. The molecule has 30 heavy (non-hydrogen) atoms. The molecule has 2 aromatic carbocycles. The molecule has 6 nitrogen and oxygen atoms in total. The van der Waals surface area contributed by atoms with E-state index in [-0.39, 0.29) is 0 Å². The Labute approximate surface area is 180 Å². The Hall–Kier alpha value is -2.70. The summed E-state index contributed by atoms with van der Waals surface area (Å²) >= 11 is 0. The van der Waals surface area contributed by atoms with Gasteiger partial charge in [0.2, 0.25) is 0 Å². The van der Waals surface area contributed by atoms with Crippen LogP contribution in [0.15, 0.2) is 81.1 Å². The third-order valence-corrected chi connectivity index (χ3v) is 4.58. The number of benzene rings is 2. The van der Waals surface area contributed by atoms with E-state index in [0.717, 1.165) is 74.1 Å². The van der Waals surface area contributed by atoms with Crippen LogP contribution in [0.3, 0.4) is 0 Å². The maximum Gasteiger partial charge on any atom is 0.121 e. The monoisotopic (exact) mass is 406 g/mol. The second kappa shape index (κ2) is 15.2. The van der Waals surface area contributed by atoms with E-state index in [9.17, 15) is 0 Å². The van der Waals surface area contributed by atoms with Crippen molar-refractivity contribution in [1.29, 1.82) is 0 Å². The topological polar surface area (TPSA) is 101 Å². The van der Waals surface area contributed by atoms with E-state index in [0.29, 0.717) is 13.1 Å². The second-order valence-corrected chi connectivity index (χ2v) is 7.06. The van der Waals surface area contributed by atoms with E-state index in [1.165, 1.54) is 0 Å². The third-order valence-electron chi connectivity index (χ3n) is 4.58. The van der Waals surface area contributed by atoms with E-state index < -0.39 is 0 Å². The molecule has 0 atom stereocenters. The van der Waals surface area contributed by atoms with Crippen LogP contribution in [0, 0.1) is 0 Å². The summed E-state index contributed by atoms with van der Waals surface area (Å²) in [6, 6.07) is 20.1. The van der Waals surface area contributed by atoms with Crippen molar-refractivity contribution in [3.8, 4) is 0 Å². The fraction of sp³-hybridized carbons (Fsp3) is 0.417. The van der Waals surface area contributed by atoms with E-state index >= 15 is 0 Å². The normalized spacial score (nSPS) is 12.6. The summed E-state index contributed by atoms with van der Waals surface area (Å²) in [7, 11) is 0.